The monoisotopic (exact) mass is 493 g/mol. The topological polar surface area (TPSA) is 73.9 Å². The predicted octanol–water partition coefficient (Wildman–Crippen LogP) is 4.43. The van der Waals surface area contributed by atoms with E-state index in [-0.39, 0.29) is 11.6 Å². The third-order valence-corrected chi connectivity index (χ3v) is 7.66. The molecule has 0 aromatic heterocycles. The summed E-state index contributed by atoms with van der Waals surface area (Å²) in [7, 11) is 5.47. The van der Waals surface area contributed by atoms with E-state index in [9.17, 15) is 9.59 Å². The molecule has 2 aliphatic rings. The van der Waals surface area contributed by atoms with Crippen LogP contribution in [0.25, 0.3) is 6.08 Å². The third kappa shape index (κ3) is 5.90. The molecule has 36 heavy (non-hydrogen) atoms. The molecule has 0 aliphatic carbocycles. The summed E-state index contributed by atoms with van der Waals surface area (Å²) in [6.45, 7) is 2.77. The third-order valence-electron chi connectivity index (χ3n) is 7.66. The first-order valence-corrected chi connectivity index (χ1v) is 12.7. The highest BCUT2D eigenvalue weighted by atomic mass is 16.5. The Morgan fingerprint density at radius 2 is 1.72 bits per heavy atom. The highest BCUT2D eigenvalue weighted by Crippen LogP contribution is 2.36. The second kappa shape index (κ2) is 11.6. The second-order valence-corrected chi connectivity index (χ2v) is 9.98. The van der Waals surface area contributed by atoms with Gasteiger partial charge in [-0.05, 0) is 61.6 Å². The van der Waals surface area contributed by atoms with Crippen molar-refractivity contribution in [1.82, 2.24) is 5.32 Å². The van der Waals surface area contributed by atoms with Gasteiger partial charge in [-0.2, -0.15) is 0 Å². The maximum Gasteiger partial charge on any atom is 0.354 e. The van der Waals surface area contributed by atoms with Crippen molar-refractivity contribution in [3.63, 3.8) is 0 Å². The number of nitrogens with zero attached hydrogens (tertiary/aromatic N) is 1. The van der Waals surface area contributed by atoms with Crippen LogP contribution in [0.1, 0.15) is 48.0 Å². The number of nitrogens with one attached hydrogen (secondary N) is 1. The highest BCUT2D eigenvalue weighted by Gasteiger charge is 2.44. The minimum absolute atomic E-state index is 0.0905. The smallest absolute Gasteiger partial charge is 0.354 e. The molecule has 2 saturated heterocycles. The molecule has 2 heterocycles. The number of rotatable bonds is 8. The summed E-state index contributed by atoms with van der Waals surface area (Å²) in [4.78, 5) is 26.2. The van der Waals surface area contributed by atoms with Crippen molar-refractivity contribution in [2.75, 3.05) is 41.0 Å². The standard InChI is InChI=1S/C29H36N2O5/c1-31-16-8-7-13-25(31)23(12-9-17-31)20-36-29(33)24(30-28(32)22-10-5-4-6-11-22)18-21-14-15-26(34-2)27(19-21)35-3/h4-6,10-11,14-15,18-19,23,25H,7-9,12-13,16-17,20H2,1-3H3/p+1/b24-18+/t23-,25-,31?/m0/s1. The van der Waals surface area contributed by atoms with Gasteiger partial charge in [-0.25, -0.2) is 4.79 Å². The molecule has 1 unspecified atom stereocenters. The Balaban J connectivity index is 1.54. The molecule has 4 rings (SSSR count). The second-order valence-electron chi connectivity index (χ2n) is 9.98. The maximum atomic E-state index is 13.3. The average molecular weight is 494 g/mol. The molecule has 1 amide bonds. The first-order valence-electron chi connectivity index (χ1n) is 12.7. The fourth-order valence-corrected chi connectivity index (χ4v) is 5.73. The van der Waals surface area contributed by atoms with Crippen LogP contribution in [0.5, 0.6) is 11.5 Å². The van der Waals surface area contributed by atoms with E-state index in [1.54, 1.807) is 62.8 Å². The van der Waals surface area contributed by atoms with Gasteiger partial charge in [-0.3, -0.25) is 4.79 Å². The van der Waals surface area contributed by atoms with Crippen LogP contribution in [-0.4, -0.2) is 63.4 Å². The van der Waals surface area contributed by atoms with Crippen molar-refractivity contribution in [1.29, 1.82) is 0 Å². The first kappa shape index (κ1) is 25.8. The first-order chi connectivity index (χ1) is 17.4. The van der Waals surface area contributed by atoms with Crippen molar-refractivity contribution in [2.45, 2.75) is 38.1 Å². The van der Waals surface area contributed by atoms with Crippen LogP contribution in [0.3, 0.4) is 0 Å². The van der Waals surface area contributed by atoms with Gasteiger partial charge in [0.25, 0.3) is 5.91 Å². The van der Waals surface area contributed by atoms with Crippen LogP contribution >= 0.6 is 0 Å². The van der Waals surface area contributed by atoms with Crippen LogP contribution in [0, 0.1) is 5.92 Å². The van der Waals surface area contributed by atoms with Crippen LogP contribution in [0.4, 0.5) is 0 Å². The number of carbonyl (C=O) groups is 2. The Bertz CT molecular complexity index is 1100. The lowest BCUT2D eigenvalue weighted by molar-refractivity contribution is -0.947. The number of benzene rings is 2. The zero-order valence-corrected chi connectivity index (χ0v) is 21.5. The number of carbonyl (C=O) groups excluding carboxylic acids is 2. The van der Waals surface area contributed by atoms with Crippen LogP contribution in [0.15, 0.2) is 54.2 Å². The molecule has 1 N–H and O–H groups in total. The molecule has 2 aliphatic heterocycles. The van der Waals surface area contributed by atoms with E-state index in [1.807, 2.05) is 6.07 Å². The van der Waals surface area contributed by atoms with Gasteiger partial charge >= 0.3 is 5.97 Å². The fraction of sp³-hybridized carbons (Fsp3) is 0.448. The number of quaternary nitrogens is 1. The minimum atomic E-state index is -0.537. The molecule has 7 nitrogen and oxygen atoms in total. The number of amides is 1. The van der Waals surface area contributed by atoms with Gasteiger partial charge < -0.3 is 24.0 Å². The fourth-order valence-electron chi connectivity index (χ4n) is 5.73. The van der Waals surface area contributed by atoms with Gasteiger partial charge in [0.05, 0.1) is 40.4 Å². The Labute approximate surface area is 213 Å². The van der Waals surface area contributed by atoms with Gasteiger partial charge in [0, 0.05) is 17.9 Å². The predicted molar refractivity (Wildman–Crippen MR) is 139 cm³/mol. The van der Waals surface area contributed by atoms with Gasteiger partial charge in [0.15, 0.2) is 11.5 Å². The summed E-state index contributed by atoms with van der Waals surface area (Å²) in [6.07, 6.45) is 7.51. The number of methoxy groups -OCH3 is 2. The Morgan fingerprint density at radius 1 is 0.972 bits per heavy atom. The van der Waals surface area contributed by atoms with Crippen LogP contribution in [0.2, 0.25) is 0 Å². The molecule has 192 valence electrons. The summed E-state index contributed by atoms with van der Waals surface area (Å²) < 4.78 is 17.7. The molecule has 2 aromatic carbocycles. The van der Waals surface area contributed by atoms with E-state index in [0.29, 0.717) is 41.2 Å². The molecule has 0 bridgehead atoms. The molecule has 3 atom stereocenters. The van der Waals surface area contributed by atoms with Crippen molar-refractivity contribution >= 4 is 18.0 Å². The molecule has 0 radical (unpaired) electrons. The molecule has 0 saturated carbocycles. The van der Waals surface area contributed by atoms with Gasteiger partial charge in [-0.15, -0.1) is 0 Å². The van der Waals surface area contributed by atoms with Crippen molar-refractivity contribution in [3.8, 4) is 11.5 Å². The van der Waals surface area contributed by atoms with Crippen LogP contribution in [-0.2, 0) is 9.53 Å². The number of hydrogen-bond donors (Lipinski definition) is 1. The Hall–Kier alpha value is -3.32. The number of ether oxygens (including phenoxy) is 3. The zero-order chi connectivity index (χ0) is 25.5. The van der Waals surface area contributed by atoms with Gasteiger partial charge in [-0.1, -0.05) is 24.3 Å². The Kier molecular flexibility index (Phi) is 8.31. The van der Waals surface area contributed by atoms with E-state index in [1.165, 1.54) is 32.4 Å². The molecule has 2 fully saturated rings. The largest absolute Gasteiger partial charge is 0.493 e. The summed E-state index contributed by atoms with van der Waals surface area (Å²) in [5.41, 5.74) is 1.24. The Morgan fingerprint density at radius 3 is 2.47 bits per heavy atom. The van der Waals surface area contributed by atoms with E-state index < -0.39 is 5.97 Å². The van der Waals surface area contributed by atoms with Gasteiger partial charge in [0.2, 0.25) is 0 Å². The molecular weight excluding hydrogens is 456 g/mol. The molecule has 7 heteroatoms. The highest BCUT2D eigenvalue weighted by molar-refractivity contribution is 6.03. The molecule has 0 spiro atoms. The number of esters is 1. The zero-order valence-electron chi connectivity index (χ0n) is 21.5. The average Bonchev–Trinajstić information content (AvgIpc) is 2.91. The summed E-state index contributed by atoms with van der Waals surface area (Å²) >= 11 is 0. The van der Waals surface area contributed by atoms with E-state index in [0.717, 1.165) is 17.3 Å². The van der Waals surface area contributed by atoms with Crippen LogP contribution < -0.4 is 14.8 Å². The number of fused-ring (bicyclic) bond motifs is 1. The number of hydrogen-bond acceptors (Lipinski definition) is 5. The summed E-state index contributed by atoms with van der Waals surface area (Å²) in [6, 6.07) is 14.7. The number of piperidine rings is 2. The van der Waals surface area contributed by atoms with Crippen molar-refractivity contribution in [3.05, 3.63) is 65.4 Å². The van der Waals surface area contributed by atoms with E-state index in [2.05, 4.69) is 12.4 Å². The molecule has 2 aromatic rings. The van der Waals surface area contributed by atoms with Crippen molar-refractivity contribution < 1.29 is 28.3 Å². The SMILES string of the molecule is COc1ccc(/C=C(/NC(=O)c2ccccc2)C(=O)OC[C@@H]2CCC[N+]3(C)CCCC[C@@H]23)cc1OC. The van der Waals surface area contributed by atoms with Crippen molar-refractivity contribution in [2.24, 2.45) is 5.92 Å². The lowest BCUT2D eigenvalue weighted by Gasteiger charge is -2.51. The normalized spacial score (nSPS) is 23.8. The lowest BCUT2D eigenvalue weighted by Crippen LogP contribution is -2.61. The summed E-state index contributed by atoms with van der Waals surface area (Å²) in [5, 5.41) is 2.77. The molecular formula is C29H37N2O5+. The lowest BCUT2D eigenvalue weighted by atomic mass is 9.82. The van der Waals surface area contributed by atoms with E-state index >= 15 is 0 Å². The quantitative estimate of drug-likeness (QED) is 0.335. The van der Waals surface area contributed by atoms with E-state index in [4.69, 9.17) is 14.2 Å². The van der Waals surface area contributed by atoms with Gasteiger partial charge in [0.1, 0.15) is 12.3 Å². The summed E-state index contributed by atoms with van der Waals surface area (Å²) in [5.74, 6) is 0.543. The maximum absolute atomic E-state index is 13.3. The minimum Gasteiger partial charge on any atom is -0.493 e.